The topological polar surface area (TPSA) is 59.1 Å². The first-order valence-corrected chi connectivity index (χ1v) is 26.1. The molecule has 9 rings (SSSR count). The summed E-state index contributed by atoms with van der Waals surface area (Å²) in [4.78, 5) is 41.1. The number of nitrogens with zero attached hydrogens (tertiary/aromatic N) is 2. The minimum absolute atomic E-state index is 0.0647. The average Bonchev–Trinajstić information content (AvgIpc) is 4.09. The normalized spacial score (nSPS) is 18.9. The highest BCUT2D eigenvalue weighted by Crippen LogP contribution is 2.52. The second-order valence-electron chi connectivity index (χ2n) is 18.2. The maximum atomic E-state index is 14.8. The van der Waals surface area contributed by atoms with Crippen LogP contribution in [0.4, 0.5) is 0 Å². The highest BCUT2D eigenvalue weighted by molar-refractivity contribution is 7.33. The first kappa shape index (κ1) is 41.7. The number of carbonyl (C=O) groups is 2. The summed E-state index contributed by atoms with van der Waals surface area (Å²) in [5.41, 5.74) is 2.62. The average molecular weight is 887 g/mol. The lowest BCUT2D eigenvalue weighted by Gasteiger charge is -2.34. The summed E-state index contributed by atoms with van der Waals surface area (Å²) in [5, 5.41) is 0. The molecule has 0 aromatic carbocycles. The van der Waals surface area contributed by atoms with Crippen LogP contribution in [0.2, 0.25) is 0 Å². The molecule has 2 amide bonds. The van der Waals surface area contributed by atoms with Crippen LogP contribution in [0.3, 0.4) is 0 Å². The number of carbonyl (C=O) groups excluding carboxylic acids is 2. The van der Waals surface area contributed by atoms with Gasteiger partial charge in [-0.15, -0.1) is 56.7 Å². The van der Waals surface area contributed by atoms with Crippen LogP contribution in [0.25, 0.3) is 44.0 Å². The fraction of sp³-hybridized carbons (Fsp3) is 0.542. The fourth-order valence-corrected chi connectivity index (χ4v) is 15.4. The van der Waals surface area contributed by atoms with Gasteiger partial charge in [-0.05, 0) is 80.3 Å². The Bertz CT molecular complexity index is 2360. The molecule has 0 bridgehead atoms. The fourth-order valence-electron chi connectivity index (χ4n) is 9.18. The SMILES string of the molecule is CCC(C)(C)C1=C2C(=O)N(CCOC3CCCCC3)C(c3cc4sc(-c5ccc(-c6cc7sc(C(C)(C)CC)cc7s6)s5)cc4s3)=C2C(=O)N1CCOC1CCCCC1. The van der Waals surface area contributed by atoms with Crippen molar-refractivity contribution in [1.82, 2.24) is 9.80 Å². The lowest BCUT2D eigenvalue weighted by molar-refractivity contribution is -0.125. The number of hydrogen-bond acceptors (Lipinski definition) is 9. The van der Waals surface area contributed by atoms with Crippen molar-refractivity contribution in [2.45, 2.75) is 136 Å². The molecular weight excluding hydrogens is 829 g/mol. The van der Waals surface area contributed by atoms with E-state index in [1.54, 1.807) is 22.7 Å². The standard InChI is InChI=1S/C48H58N2O4S5/c1-7-47(3,4)40-28-38-37(59-40)26-34(57-38)32-20-19-31(55-32)33-25-35-36(56-33)27-39(58-35)43-41-42(46(52)49(43)21-23-53-29-15-11-9-12-16-29)44(48(5,6)8-2)50(45(41)51)22-24-54-30-17-13-10-14-18-30/h19-20,25-30H,7-18,21-24H2,1-6H3. The molecule has 6 nitrogen and oxygen atoms in total. The molecule has 59 heavy (non-hydrogen) atoms. The Kier molecular flexibility index (Phi) is 12.0. The predicted octanol–water partition coefficient (Wildman–Crippen LogP) is 14.1. The van der Waals surface area contributed by atoms with Gasteiger partial charge in [-0.1, -0.05) is 80.1 Å². The molecule has 0 atom stereocenters. The molecule has 5 aromatic rings. The van der Waals surface area contributed by atoms with Gasteiger partial charge in [0.1, 0.15) is 0 Å². The van der Waals surface area contributed by atoms with Gasteiger partial charge in [0.05, 0.1) is 47.1 Å². The lowest BCUT2D eigenvalue weighted by atomic mass is 9.83. The van der Waals surface area contributed by atoms with Crippen LogP contribution in [-0.2, 0) is 24.5 Å². The van der Waals surface area contributed by atoms with Gasteiger partial charge in [0.2, 0.25) is 0 Å². The summed E-state index contributed by atoms with van der Waals surface area (Å²) in [6.07, 6.45) is 14.1. The van der Waals surface area contributed by atoms with Crippen molar-refractivity contribution in [2.24, 2.45) is 5.41 Å². The zero-order valence-corrected chi connectivity index (χ0v) is 39.6. The number of allylic oxidation sites excluding steroid dienone is 1. The van der Waals surface area contributed by atoms with Crippen molar-refractivity contribution < 1.29 is 19.1 Å². The number of hydrogen-bond donors (Lipinski definition) is 0. The van der Waals surface area contributed by atoms with Crippen molar-refractivity contribution in [2.75, 3.05) is 26.3 Å². The third-order valence-electron chi connectivity index (χ3n) is 13.4. The molecule has 0 saturated heterocycles. The van der Waals surface area contributed by atoms with Crippen LogP contribution >= 0.6 is 56.7 Å². The maximum Gasteiger partial charge on any atom is 0.261 e. The van der Waals surface area contributed by atoms with Crippen molar-refractivity contribution in [3.63, 3.8) is 0 Å². The summed E-state index contributed by atoms with van der Waals surface area (Å²) in [6.45, 7) is 15.3. The van der Waals surface area contributed by atoms with Crippen LogP contribution < -0.4 is 0 Å². The Labute approximate surface area is 369 Å². The smallest absolute Gasteiger partial charge is 0.261 e. The molecule has 2 saturated carbocycles. The van der Waals surface area contributed by atoms with E-state index < -0.39 is 0 Å². The molecule has 2 aliphatic carbocycles. The molecule has 0 unspecified atom stereocenters. The second kappa shape index (κ2) is 16.9. The predicted molar refractivity (Wildman–Crippen MR) is 252 cm³/mol. The molecule has 2 aliphatic heterocycles. The van der Waals surface area contributed by atoms with Gasteiger partial charge in [0, 0.05) is 67.4 Å². The van der Waals surface area contributed by atoms with Crippen LogP contribution in [0, 0.1) is 5.41 Å². The van der Waals surface area contributed by atoms with E-state index in [9.17, 15) is 9.59 Å². The van der Waals surface area contributed by atoms with Gasteiger partial charge in [-0.3, -0.25) is 9.59 Å². The number of fused-ring (bicyclic) bond motifs is 3. The van der Waals surface area contributed by atoms with E-state index in [-0.39, 0.29) is 34.9 Å². The highest BCUT2D eigenvalue weighted by atomic mass is 32.1. The molecule has 11 heteroatoms. The maximum absolute atomic E-state index is 14.8. The van der Waals surface area contributed by atoms with E-state index in [2.05, 4.69) is 77.9 Å². The van der Waals surface area contributed by atoms with Crippen LogP contribution in [0.5, 0.6) is 0 Å². The number of amides is 2. The van der Waals surface area contributed by atoms with E-state index in [4.69, 9.17) is 9.47 Å². The molecule has 4 aliphatic rings. The van der Waals surface area contributed by atoms with Gasteiger partial charge in [-0.2, -0.15) is 0 Å². The van der Waals surface area contributed by atoms with Crippen molar-refractivity contribution in [1.29, 1.82) is 0 Å². The first-order valence-electron chi connectivity index (χ1n) is 22.0. The molecule has 0 spiro atoms. The Morgan fingerprint density at radius 1 is 0.559 bits per heavy atom. The summed E-state index contributed by atoms with van der Waals surface area (Å²) in [7, 11) is 0. The Morgan fingerprint density at radius 2 is 1.03 bits per heavy atom. The monoisotopic (exact) mass is 886 g/mol. The third-order valence-corrected chi connectivity index (χ3v) is 19.9. The highest BCUT2D eigenvalue weighted by Gasteiger charge is 2.51. The van der Waals surface area contributed by atoms with Gasteiger partial charge < -0.3 is 19.3 Å². The van der Waals surface area contributed by atoms with E-state index >= 15 is 0 Å². The zero-order chi connectivity index (χ0) is 41.1. The van der Waals surface area contributed by atoms with E-state index in [1.165, 1.54) is 81.7 Å². The largest absolute Gasteiger partial charge is 0.376 e. The summed E-state index contributed by atoms with van der Waals surface area (Å²) >= 11 is 9.21. The second-order valence-corrected chi connectivity index (χ2v) is 23.6. The summed E-state index contributed by atoms with van der Waals surface area (Å²) in [5.74, 6) is -0.129. The van der Waals surface area contributed by atoms with E-state index in [1.807, 2.05) is 43.8 Å². The zero-order valence-electron chi connectivity index (χ0n) is 35.5. The van der Waals surface area contributed by atoms with Crippen molar-refractivity contribution in [3.05, 3.63) is 63.0 Å². The molecule has 2 fully saturated rings. The van der Waals surface area contributed by atoms with Crippen LogP contribution in [-0.4, -0.2) is 60.1 Å². The molecule has 7 heterocycles. The third kappa shape index (κ3) is 8.00. The quantitative estimate of drug-likeness (QED) is 0.105. The van der Waals surface area contributed by atoms with Crippen LogP contribution in [0.15, 0.2) is 53.2 Å². The lowest BCUT2D eigenvalue weighted by Crippen LogP contribution is -2.38. The van der Waals surface area contributed by atoms with Gasteiger partial charge in [0.25, 0.3) is 11.8 Å². The molecule has 0 N–H and O–H groups in total. The van der Waals surface area contributed by atoms with Gasteiger partial charge in [-0.25, -0.2) is 0 Å². The number of rotatable bonds is 15. The minimum atomic E-state index is -0.370. The van der Waals surface area contributed by atoms with E-state index in [0.29, 0.717) is 37.4 Å². The molecule has 5 aromatic heterocycles. The molecule has 0 radical (unpaired) electrons. The van der Waals surface area contributed by atoms with Crippen LogP contribution in [0.1, 0.15) is 128 Å². The van der Waals surface area contributed by atoms with Crippen molar-refractivity contribution >= 4 is 93.0 Å². The molecular formula is C48H58N2O4S5. The Morgan fingerprint density at radius 3 is 1.58 bits per heavy atom. The van der Waals surface area contributed by atoms with E-state index in [0.717, 1.165) is 54.8 Å². The molecule has 314 valence electrons. The minimum Gasteiger partial charge on any atom is -0.376 e. The Hall–Kier alpha value is -2.64. The Balaban J connectivity index is 1.02. The number of thiophene rings is 5. The first-order chi connectivity index (χ1) is 28.5. The van der Waals surface area contributed by atoms with Crippen molar-refractivity contribution in [3.8, 4) is 19.5 Å². The number of ether oxygens (including phenoxy) is 2. The summed E-state index contributed by atoms with van der Waals surface area (Å²) < 4.78 is 17.9. The summed E-state index contributed by atoms with van der Waals surface area (Å²) in [6, 6.07) is 13.9. The van der Waals surface area contributed by atoms with Gasteiger partial charge >= 0.3 is 0 Å². The van der Waals surface area contributed by atoms with Gasteiger partial charge in [0.15, 0.2) is 0 Å².